The van der Waals surface area contributed by atoms with E-state index in [2.05, 4.69) is 10.3 Å². The Hall–Kier alpha value is -2.21. The molecule has 20 heavy (non-hydrogen) atoms. The predicted molar refractivity (Wildman–Crippen MR) is 74.6 cm³/mol. The maximum absolute atomic E-state index is 11.5. The number of unbranched alkanes of at least 4 members (excludes halogenated alkanes) is 1. The summed E-state index contributed by atoms with van der Waals surface area (Å²) >= 11 is 0. The second-order valence-electron chi connectivity index (χ2n) is 4.64. The van der Waals surface area contributed by atoms with Gasteiger partial charge in [-0.3, -0.25) is 4.79 Å². The van der Waals surface area contributed by atoms with E-state index in [1.165, 1.54) is 0 Å². The van der Waals surface area contributed by atoms with Crippen LogP contribution in [-0.4, -0.2) is 32.6 Å². The van der Waals surface area contributed by atoms with Gasteiger partial charge in [0.1, 0.15) is 0 Å². The summed E-state index contributed by atoms with van der Waals surface area (Å²) < 4.78 is 1.65. The summed E-state index contributed by atoms with van der Waals surface area (Å²) in [6.45, 7) is 2.03. The molecule has 3 N–H and O–H groups in total. The van der Waals surface area contributed by atoms with Crippen LogP contribution in [0.15, 0.2) is 24.5 Å². The van der Waals surface area contributed by atoms with Crippen molar-refractivity contribution < 1.29 is 9.90 Å². The Morgan fingerprint density at radius 3 is 2.80 bits per heavy atom. The SMILES string of the molecule is Cc1c(C(N)=O)ccc(CCCCO)c1-n1ccnn1. The van der Waals surface area contributed by atoms with Crippen molar-refractivity contribution in [3.05, 3.63) is 41.2 Å². The second-order valence-corrected chi connectivity index (χ2v) is 4.64. The molecule has 1 aromatic carbocycles. The van der Waals surface area contributed by atoms with Crippen LogP contribution >= 0.6 is 0 Å². The third-order valence-corrected chi connectivity index (χ3v) is 3.29. The van der Waals surface area contributed by atoms with E-state index in [0.717, 1.165) is 36.1 Å². The first-order valence-corrected chi connectivity index (χ1v) is 6.55. The number of aryl methyl sites for hydroxylation is 1. The molecule has 2 rings (SSSR count). The summed E-state index contributed by atoms with van der Waals surface area (Å²) in [5.74, 6) is -0.453. The van der Waals surface area contributed by atoms with Gasteiger partial charge in [0.05, 0.1) is 18.1 Å². The molecule has 2 aromatic rings. The van der Waals surface area contributed by atoms with Crippen molar-refractivity contribution in [2.24, 2.45) is 5.73 Å². The molecule has 0 saturated heterocycles. The Morgan fingerprint density at radius 2 is 2.20 bits per heavy atom. The molecule has 0 radical (unpaired) electrons. The minimum Gasteiger partial charge on any atom is -0.396 e. The van der Waals surface area contributed by atoms with Crippen LogP contribution in [0.3, 0.4) is 0 Å². The topological polar surface area (TPSA) is 94.0 Å². The molecule has 0 saturated carbocycles. The molecule has 0 spiro atoms. The summed E-state index contributed by atoms with van der Waals surface area (Å²) in [6, 6.07) is 3.63. The van der Waals surface area contributed by atoms with Crippen molar-refractivity contribution in [3.8, 4) is 5.69 Å². The van der Waals surface area contributed by atoms with Gasteiger partial charge in [-0.15, -0.1) is 5.10 Å². The molecule has 1 amide bonds. The lowest BCUT2D eigenvalue weighted by atomic mass is 9.98. The molecule has 0 atom stereocenters. The number of primary amides is 1. The molecule has 1 aromatic heterocycles. The standard InChI is InChI=1S/C14H18N4O2/c1-10-12(14(15)20)6-5-11(4-2-3-9-19)13(10)18-8-7-16-17-18/h5-8,19H,2-4,9H2,1H3,(H2,15,20). The van der Waals surface area contributed by atoms with Gasteiger partial charge in [0, 0.05) is 12.2 Å². The minimum absolute atomic E-state index is 0.178. The van der Waals surface area contributed by atoms with Gasteiger partial charge >= 0.3 is 0 Å². The molecule has 6 nitrogen and oxygen atoms in total. The number of aliphatic hydroxyl groups is 1. The van der Waals surface area contributed by atoms with E-state index < -0.39 is 5.91 Å². The summed E-state index contributed by atoms with van der Waals surface area (Å²) in [6.07, 6.45) is 5.74. The molecule has 0 unspecified atom stereocenters. The Kier molecular flexibility index (Phi) is 4.47. The summed E-state index contributed by atoms with van der Waals surface area (Å²) in [5.41, 5.74) is 8.58. The van der Waals surface area contributed by atoms with Gasteiger partial charge in [0.2, 0.25) is 5.91 Å². The first kappa shape index (κ1) is 14.2. The fourth-order valence-corrected chi connectivity index (χ4v) is 2.30. The Morgan fingerprint density at radius 1 is 1.40 bits per heavy atom. The van der Waals surface area contributed by atoms with Crippen molar-refractivity contribution in [3.63, 3.8) is 0 Å². The van der Waals surface area contributed by atoms with Crippen LogP contribution in [0.4, 0.5) is 0 Å². The van der Waals surface area contributed by atoms with Gasteiger partial charge in [-0.05, 0) is 43.4 Å². The Bertz CT molecular complexity index is 593. The van der Waals surface area contributed by atoms with Crippen LogP contribution in [0, 0.1) is 6.92 Å². The molecule has 0 aliphatic rings. The van der Waals surface area contributed by atoms with Crippen molar-refractivity contribution in [1.82, 2.24) is 15.0 Å². The lowest BCUT2D eigenvalue weighted by Crippen LogP contribution is -2.15. The van der Waals surface area contributed by atoms with E-state index in [-0.39, 0.29) is 6.61 Å². The van der Waals surface area contributed by atoms with E-state index >= 15 is 0 Å². The molecule has 0 fully saturated rings. The number of hydrogen-bond acceptors (Lipinski definition) is 4. The fourth-order valence-electron chi connectivity index (χ4n) is 2.30. The highest BCUT2D eigenvalue weighted by atomic mass is 16.2. The zero-order valence-electron chi connectivity index (χ0n) is 11.4. The lowest BCUT2D eigenvalue weighted by molar-refractivity contribution is 0.0999. The number of carbonyl (C=O) groups is 1. The zero-order chi connectivity index (χ0) is 14.5. The zero-order valence-corrected chi connectivity index (χ0v) is 11.4. The van der Waals surface area contributed by atoms with Crippen molar-refractivity contribution in [1.29, 1.82) is 0 Å². The molecule has 1 heterocycles. The molecule has 0 bridgehead atoms. The monoisotopic (exact) mass is 274 g/mol. The van der Waals surface area contributed by atoms with E-state index in [0.29, 0.717) is 5.56 Å². The van der Waals surface area contributed by atoms with Crippen molar-refractivity contribution in [2.75, 3.05) is 6.61 Å². The Balaban J connectivity index is 2.46. The summed E-state index contributed by atoms with van der Waals surface area (Å²) in [4.78, 5) is 11.5. The van der Waals surface area contributed by atoms with Crippen LogP contribution in [0.5, 0.6) is 0 Å². The first-order valence-electron chi connectivity index (χ1n) is 6.55. The highest BCUT2D eigenvalue weighted by Gasteiger charge is 2.15. The van der Waals surface area contributed by atoms with E-state index in [1.54, 1.807) is 23.1 Å². The lowest BCUT2D eigenvalue weighted by Gasteiger charge is -2.14. The largest absolute Gasteiger partial charge is 0.396 e. The molecular weight excluding hydrogens is 256 g/mol. The molecule has 0 aliphatic heterocycles. The number of carbonyl (C=O) groups excluding carboxylic acids is 1. The highest BCUT2D eigenvalue weighted by molar-refractivity contribution is 5.95. The smallest absolute Gasteiger partial charge is 0.249 e. The van der Waals surface area contributed by atoms with E-state index in [9.17, 15) is 4.79 Å². The van der Waals surface area contributed by atoms with Gasteiger partial charge in [0.15, 0.2) is 0 Å². The fraction of sp³-hybridized carbons (Fsp3) is 0.357. The van der Waals surface area contributed by atoms with Crippen molar-refractivity contribution in [2.45, 2.75) is 26.2 Å². The highest BCUT2D eigenvalue weighted by Crippen LogP contribution is 2.23. The van der Waals surface area contributed by atoms with Gasteiger partial charge < -0.3 is 10.8 Å². The van der Waals surface area contributed by atoms with Gasteiger partial charge in [-0.2, -0.15) is 0 Å². The van der Waals surface area contributed by atoms with Crippen LogP contribution < -0.4 is 5.73 Å². The maximum Gasteiger partial charge on any atom is 0.249 e. The van der Waals surface area contributed by atoms with Crippen LogP contribution in [0.25, 0.3) is 5.69 Å². The molecule has 106 valence electrons. The third kappa shape index (κ3) is 2.85. The van der Waals surface area contributed by atoms with Crippen LogP contribution in [0.1, 0.15) is 34.3 Å². The normalized spacial score (nSPS) is 10.7. The third-order valence-electron chi connectivity index (χ3n) is 3.29. The first-order chi connectivity index (χ1) is 9.65. The quantitative estimate of drug-likeness (QED) is 0.768. The number of aromatic nitrogens is 3. The number of rotatable bonds is 6. The number of nitrogens with two attached hydrogens (primary N) is 1. The van der Waals surface area contributed by atoms with Gasteiger partial charge in [-0.25, -0.2) is 4.68 Å². The minimum atomic E-state index is -0.453. The number of hydrogen-bond donors (Lipinski definition) is 2. The van der Waals surface area contributed by atoms with E-state index in [1.807, 2.05) is 13.0 Å². The average Bonchev–Trinajstić information content (AvgIpc) is 2.92. The average molecular weight is 274 g/mol. The summed E-state index contributed by atoms with van der Waals surface area (Å²) in [5, 5.41) is 16.7. The molecule has 6 heteroatoms. The van der Waals surface area contributed by atoms with Gasteiger partial charge in [-0.1, -0.05) is 11.3 Å². The second kappa shape index (κ2) is 6.29. The summed E-state index contributed by atoms with van der Waals surface area (Å²) in [7, 11) is 0. The van der Waals surface area contributed by atoms with Crippen LogP contribution in [-0.2, 0) is 6.42 Å². The Labute approximate surface area is 117 Å². The molecule has 0 aliphatic carbocycles. The number of nitrogens with zero attached hydrogens (tertiary/aromatic N) is 3. The number of amides is 1. The van der Waals surface area contributed by atoms with Crippen molar-refractivity contribution >= 4 is 5.91 Å². The van der Waals surface area contributed by atoms with Gasteiger partial charge in [0.25, 0.3) is 0 Å². The maximum atomic E-state index is 11.5. The molecular formula is C14H18N4O2. The number of benzene rings is 1. The van der Waals surface area contributed by atoms with E-state index in [4.69, 9.17) is 10.8 Å². The predicted octanol–water partition coefficient (Wildman–Crippen LogP) is 0.990. The van der Waals surface area contributed by atoms with Crippen LogP contribution in [0.2, 0.25) is 0 Å². The number of aliphatic hydroxyl groups excluding tert-OH is 1.